The number of halogens is 2. The third-order valence-electron chi connectivity index (χ3n) is 2.71. The van der Waals surface area contributed by atoms with Crippen LogP contribution < -0.4 is 5.43 Å². The van der Waals surface area contributed by atoms with E-state index in [1.165, 1.54) is 24.3 Å². The van der Waals surface area contributed by atoms with Crippen LogP contribution in [0.3, 0.4) is 0 Å². The van der Waals surface area contributed by atoms with Gasteiger partial charge < -0.3 is 5.11 Å². The minimum absolute atomic E-state index is 0.0600. The van der Waals surface area contributed by atoms with E-state index >= 15 is 0 Å². The molecule has 0 bridgehead atoms. The summed E-state index contributed by atoms with van der Waals surface area (Å²) in [6.45, 7) is 0. The Kier molecular flexibility index (Phi) is 4.94. The van der Waals surface area contributed by atoms with E-state index in [1.807, 2.05) is 0 Å². The number of aromatic hydroxyl groups is 1. The molecule has 0 aromatic heterocycles. The Bertz CT molecular complexity index is 785. The highest BCUT2D eigenvalue weighted by molar-refractivity contribution is 9.10. The Hall–Kier alpha value is -1.91. The molecule has 2 rings (SSSR count). The van der Waals surface area contributed by atoms with Crippen molar-refractivity contribution in [1.29, 1.82) is 0 Å². The van der Waals surface area contributed by atoms with E-state index in [4.69, 9.17) is 11.6 Å². The van der Waals surface area contributed by atoms with E-state index in [0.29, 0.717) is 9.50 Å². The van der Waals surface area contributed by atoms with E-state index in [0.717, 1.165) is 5.56 Å². The largest absolute Gasteiger partial charge is 0.504 e. The summed E-state index contributed by atoms with van der Waals surface area (Å²) in [5, 5.41) is 10.3. The minimum atomic E-state index is -0.611. The summed E-state index contributed by atoms with van der Waals surface area (Å²) >= 11 is 9.05. The number of carbonyl (C=O) groups excluding carboxylic acids is 1. The second-order valence-electron chi connectivity index (χ2n) is 4.24. The maximum absolute atomic E-state index is 12.1. The number of hydrogen-bond acceptors (Lipinski definition) is 3. The van der Waals surface area contributed by atoms with Gasteiger partial charge in [0.15, 0.2) is 11.5 Å². The van der Waals surface area contributed by atoms with Crippen molar-refractivity contribution < 1.29 is 9.90 Å². The zero-order chi connectivity index (χ0) is 15.4. The molecule has 2 aromatic carbocycles. The lowest BCUT2D eigenvalue weighted by Gasteiger charge is -1.97. The Morgan fingerprint density at radius 3 is 2.67 bits per heavy atom. The highest BCUT2D eigenvalue weighted by Gasteiger charge is 2.10. The summed E-state index contributed by atoms with van der Waals surface area (Å²) in [4.78, 5) is 23.7. The van der Waals surface area contributed by atoms with Crippen LogP contribution in [0.5, 0.6) is 5.75 Å². The molecule has 0 radical (unpaired) electrons. The number of hydrogen-bond donors (Lipinski definition) is 1. The van der Waals surface area contributed by atoms with E-state index in [1.54, 1.807) is 30.3 Å². The van der Waals surface area contributed by atoms with Crippen molar-refractivity contribution in [3.05, 3.63) is 79.4 Å². The summed E-state index contributed by atoms with van der Waals surface area (Å²) in [6.07, 6.45) is 2.85. The van der Waals surface area contributed by atoms with Crippen molar-refractivity contribution in [3.8, 4) is 5.75 Å². The zero-order valence-corrected chi connectivity index (χ0v) is 13.1. The molecular weight excluding hydrogens is 356 g/mol. The fraction of sp³-hybridized carbons (Fsp3) is 0. The molecular formula is C16H10BrClO3. The first kappa shape index (κ1) is 15.5. The average molecular weight is 366 g/mol. The van der Waals surface area contributed by atoms with Gasteiger partial charge in [0.05, 0.1) is 5.56 Å². The lowest BCUT2D eigenvalue weighted by atomic mass is 10.1. The third kappa shape index (κ3) is 4.03. The quantitative estimate of drug-likeness (QED) is 0.659. The normalized spacial score (nSPS) is 10.8. The lowest BCUT2D eigenvalue weighted by Crippen LogP contribution is -2.01. The summed E-state index contributed by atoms with van der Waals surface area (Å²) < 4.78 is 0.527. The van der Waals surface area contributed by atoms with Gasteiger partial charge >= 0.3 is 0 Å². The predicted octanol–water partition coefficient (Wildman–Crippen LogP) is 4.06. The number of allylic oxidation sites excluding steroid dienone is 1. The van der Waals surface area contributed by atoms with Gasteiger partial charge in [0.1, 0.15) is 0 Å². The number of ketones is 1. The van der Waals surface area contributed by atoms with Crippen LogP contribution in [0, 0.1) is 0 Å². The van der Waals surface area contributed by atoms with Crippen molar-refractivity contribution in [2.45, 2.75) is 0 Å². The molecule has 106 valence electrons. The van der Waals surface area contributed by atoms with Gasteiger partial charge in [-0.05, 0) is 42.0 Å². The van der Waals surface area contributed by atoms with Gasteiger partial charge in [-0.25, -0.2) is 0 Å². The van der Waals surface area contributed by atoms with E-state index < -0.39 is 17.0 Å². The fourth-order valence-corrected chi connectivity index (χ4v) is 2.24. The van der Waals surface area contributed by atoms with E-state index in [9.17, 15) is 14.7 Å². The van der Waals surface area contributed by atoms with Crippen LogP contribution in [0.25, 0.3) is 6.08 Å². The molecule has 0 unspecified atom stereocenters. The van der Waals surface area contributed by atoms with Crippen LogP contribution in [-0.2, 0) is 0 Å². The topological polar surface area (TPSA) is 54.4 Å². The Labute approximate surface area is 134 Å². The molecule has 0 aliphatic heterocycles. The van der Waals surface area contributed by atoms with Crippen LogP contribution in [-0.4, -0.2) is 10.9 Å². The first-order chi connectivity index (χ1) is 9.97. The molecule has 0 atom stereocenters. The smallest absolute Gasteiger partial charge is 0.220 e. The molecule has 0 amide bonds. The Morgan fingerprint density at radius 1 is 1.19 bits per heavy atom. The first-order valence-electron chi connectivity index (χ1n) is 5.98. The van der Waals surface area contributed by atoms with Gasteiger partial charge in [0.2, 0.25) is 5.43 Å². The van der Waals surface area contributed by atoms with Crippen molar-refractivity contribution in [2.75, 3.05) is 0 Å². The van der Waals surface area contributed by atoms with Gasteiger partial charge in [0.25, 0.3) is 0 Å². The summed E-state index contributed by atoms with van der Waals surface area (Å²) in [5.74, 6) is -1.04. The van der Waals surface area contributed by atoms with Crippen molar-refractivity contribution >= 4 is 39.4 Å². The first-order valence-corrected chi connectivity index (χ1v) is 7.15. The molecule has 0 heterocycles. The molecule has 1 N–H and O–H groups in total. The molecule has 0 fully saturated rings. The summed E-state index contributed by atoms with van der Waals surface area (Å²) in [5.41, 5.74) is 0.0763. The van der Waals surface area contributed by atoms with Crippen molar-refractivity contribution in [1.82, 2.24) is 0 Å². The fourth-order valence-electron chi connectivity index (χ4n) is 1.68. The highest BCUT2D eigenvalue weighted by Crippen LogP contribution is 2.18. The molecule has 21 heavy (non-hydrogen) atoms. The molecule has 0 spiro atoms. The molecule has 3 nitrogen and oxygen atoms in total. The van der Waals surface area contributed by atoms with Crippen LogP contribution in [0.2, 0.25) is 5.02 Å². The van der Waals surface area contributed by atoms with E-state index in [2.05, 4.69) is 15.9 Å². The third-order valence-corrected chi connectivity index (χ3v) is 3.43. The monoisotopic (exact) mass is 364 g/mol. The molecule has 2 aromatic rings. The highest BCUT2D eigenvalue weighted by atomic mass is 79.9. The zero-order valence-electron chi connectivity index (χ0n) is 10.7. The SMILES string of the molecule is O=C(/C=C\c1cccc(Cl)c1)c1cc(Br)ccc(=O)c1O. The van der Waals surface area contributed by atoms with Crippen LogP contribution in [0.1, 0.15) is 15.9 Å². The summed E-state index contributed by atoms with van der Waals surface area (Å²) in [6, 6.07) is 11.0. The summed E-state index contributed by atoms with van der Waals surface area (Å²) in [7, 11) is 0. The predicted molar refractivity (Wildman–Crippen MR) is 86.9 cm³/mol. The van der Waals surface area contributed by atoms with Crippen molar-refractivity contribution in [3.63, 3.8) is 0 Å². The average Bonchev–Trinajstić information content (AvgIpc) is 2.58. The number of rotatable bonds is 3. The van der Waals surface area contributed by atoms with Crippen LogP contribution >= 0.6 is 27.5 Å². The maximum atomic E-state index is 12.1. The Balaban J connectivity index is 2.38. The molecule has 0 saturated heterocycles. The van der Waals surface area contributed by atoms with Gasteiger partial charge in [-0.3, -0.25) is 9.59 Å². The van der Waals surface area contributed by atoms with Gasteiger partial charge in [-0.15, -0.1) is 0 Å². The van der Waals surface area contributed by atoms with Crippen LogP contribution in [0.4, 0.5) is 0 Å². The van der Waals surface area contributed by atoms with Crippen LogP contribution in [0.15, 0.2) is 57.8 Å². The molecule has 0 saturated carbocycles. The number of carbonyl (C=O) groups is 1. The number of benzene rings is 1. The molecule has 0 aliphatic rings. The second kappa shape index (κ2) is 6.70. The van der Waals surface area contributed by atoms with Crippen molar-refractivity contribution in [2.24, 2.45) is 0 Å². The van der Waals surface area contributed by atoms with Gasteiger partial charge in [-0.2, -0.15) is 0 Å². The lowest BCUT2D eigenvalue weighted by molar-refractivity contribution is 0.104. The van der Waals surface area contributed by atoms with Gasteiger partial charge in [-0.1, -0.05) is 45.7 Å². The molecule has 5 heteroatoms. The standard InChI is InChI=1S/C16H10BrClO3/c17-11-5-7-15(20)16(21)13(9-11)14(19)6-4-10-2-1-3-12(18)8-10/h1-9H,(H,20,21)/b6-4-. The molecule has 0 aliphatic carbocycles. The minimum Gasteiger partial charge on any atom is -0.504 e. The second-order valence-corrected chi connectivity index (χ2v) is 5.59. The maximum Gasteiger partial charge on any atom is 0.220 e. The Morgan fingerprint density at radius 2 is 1.95 bits per heavy atom. The van der Waals surface area contributed by atoms with E-state index in [-0.39, 0.29) is 5.56 Å². The van der Waals surface area contributed by atoms with Gasteiger partial charge in [0, 0.05) is 9.50 Å².